The number of aromatic nitrogens is 4. The number of aryl methyl sites for hydroxylation is 1. The third-order valence-electron chi connectivity index (χ3n) is 5.56. The molecular formula is C25H24N6O2. The van der Waals surface area contributed by atoms with E-state index in [0.29, 0.717) is 43.3 Å². The number of amides is 1. The molecule has 1 aliphatic heterocycles. The predicted octanol–water partition coefficient (Wildman–Crippen LogP) is 3.73. The number of piperazine rings is 1. The van der Waals surface area contributed by atoms with E-state index in [1.165, 1.54) is 0 Å². The molecule has 1 amide bonds. The molecule has 0 spiro atoms. The molecule has 8 heteroatoms. The Morgan fingerprint density at radius 2 is 1.45 bits per heavy atom. The number of para-hydroxylation sites is 1. The molecule has 0 radical (unpaired) electrons. The van der Waals surface area contributed by atoms with Gasteiger partial charge in [-0.05, 0) is 61.5 Å². The van der Waals surface area contributed by atoms with Gasteiger partial charge in [0.25, 0.3) is 5.91 Å². The minimum absolute atomic E-state index is 0.0244. The molecule has 0 unspecified atom stereocenters. The summed E-state index contributed by atoms with van der Waals surface area (Å²) in [5.41, 5.74) is 1.59. The van der Waals surface area contributed by atoms with Gasteiger partial charge in [0.15, 0.2) is 11.6 Å². The number of nitrogens with zero attached hydrogens (tertiary/aromatic N) is 6. The number of rotatable bonds is 5. The van der Waals surface area contributed by atoms with Crippen LogP contribution in [0.25, 0.3) is 5.82 Å². The number of carbonyl (C=O) groups is 1. The highest BCUT2D eigenvalue weighted by Gasteiger charge is 2.23. The lowest BCUT2D eigenvalue weighted by Crippen LogP contribution is -2.49. The van der Waals surface area contributed by atoms with E-state index in [1.807, 2.05) is 90.8 Å². The molecule has 0 N–H and O–H groups in total. The van der Waals surface area contributed by atoms with Crippen molar-refractivity contribution in [2.24, 2.45) is 0 Å². The molecule has 0 bridgehead atoms. The normalized spacial score (nSPS) is 13.7. The Hall–Kier alpha value is -4.20. The maximum absolute atomic E-state index is 12.9. The summed E-state index contributed by atoms with van der Waals surface area (Å²) < 4.78 is 7.52. The zero-order valence-corrected chi connectivity index (χ0v) is 18.3. The average molecular weight is 441 g/mol. The second-order valence-electron chi connectivity index (χ2n) is 7.87. The largest absolute Gasteiger partial charge is 0.457 e. The van der Waals surface area contributed by atoms with Gasteiger partial charge in [0.2, 0.25) is 0 Å². The molecule has 5 rings (SSSR count). The van der Waals surface area contributed by atoms with E-state index in [2.05, 4.69) is 20.2 Å². The van der Waals surface area contributed by atoms with Crippen LogP contribution < -0.4 is 9.64 Å². The number of anilines is 1. The summed E-state index contributed by atoms with van der Waals surface area (Å²) in [6.07, 6.45) is 1.86. The number of hydrogen-bond donors (Lipinski definition) is 0. The zero-order valence-electron chi connectivity index (χ0n) is 18.3. The number of hydrogen-bond acceptors (Lipinski definition) is 6. The van der Waals surface area contributed by atoms with Crippen LogP contribution in [0, 0.1) is 6.92 Å². The summed E-state index contributed by atoms with van der Waals surface area (Å²) in [5.74, 6) is 2.98. The quantitative estimate of drug-likeness (QED) is 0.471. The number of carbonyl (C=O) groups excluding carboxylic acids is 1. The first-order chi connectivity index (χ1) is 16.2. The van der Waals surface area contributed by atoms with Crippen LogP contribution in [-0.4, -0.2) is 57.0 Å². The molecule has 1 saturated heterocycles. The minimum atomic E-state index is 0.0244. The summed E-state index contributed by atoms with van der Waals surface area (Å²) >= 11 is 0. The lowest BCUT2D eigenvalue weighted by Gasteiger charge is -2.35. The molecule has 1 aliphatic rings. The van der Waals surface area contributed by atoms with Gasteiger partial charge in [-0.15, -0.1) is 10.2 Å². The Morgan fingerprint density at radius 3 is 2.09 bits per heavy atom. The van der Waals surface area contributed by atoms with Crippen LogP contribution in [0.5, 0.6) is 11.5 Å². The van der Waals surface area contributed by atoms with Crippen LogP contribution in [0.4, 0.5) is 5.82 Å². The highest BCUT2D eigenvalue weighted by atomic mass is 16.5. The van der Waals surface area contributed by atoms with Crippen molar-refractivity contribution in [2.75, 3.05) is 31.1 Å². The van der Waals surface area contributed by atoms with Crippen molar-refractivity contribution in [3.63, 3.8) is 0 Å². The monoisotopic (exact) mass is 440 g/mol. The first-order valence-corrected chi connectivity index (χ1v) is 10.9. The summed E-state index contributed by atoms with van der Waals surface area (Å²) in [4.78, 5) is 17.0. The Kier molecular flexibility index (Phi) is 5.72. The highest BCUT2D eigenvalue weighted by molar-refractivity contribution is 5.94. The molecular weight excluding hydrogens is 416 g/mol. The van der Waals surface area contributed by atoms with Crippen LogP contribution in [0.3, 0.4) is 0 Å². The maximum atomic E-state index is 12.9. The Labute approximate surface area is 192 Å². The summed E-state index contributed by atoms with van der Waals surface area (Å²) in [6.45, 7) is 4.60. The van der Waals surface area contributed by atoms with Gasteiger partial charge < -0.3 is 14.5 Å². The van der Waals surface area contributed by atoms with E-state index in [4.69, 9.17) is 4.74 Å². The van der Waals surface area contributed by atoms with E-state index >= 15 is 0 Å². The molecule has 0 saturated carbocycles. The van der Waals surface area contributed by atoms with Crippen molar-refractivity contribution in [1.82, 2.24) is 24.9 Å². The van der Waals surface area contributed by atoms with Gasteiger partial charge in [-0.2, -0.15) is 5.10 Å². The molecule has 4 aromatic rings. The Bertz CT molecular complexity index is 1210. The van der Waals surface area contributed by atoms with Crippen LogP contribution in [0.15, 0.2) is 79.0 Å². The SMILES string of the molecule is Cc1ccn(-c2ccc(N3CCN(C(=O)c4ccc(Oc5ccccc5)cc4)CC3)nn2)n1. The molecule has 1 fully saturated rings. The Balaban J connectivity index is 1.17. The molecule has 8 nitrogen and oxygen atoms in total. The first-order valence-electron chi connectivity index (χ1n) is 10.9. The fourth-order valence-corrected chi connectivity index (χ4v) is 3.76. The third-order valence-corrected chi connectivity index (χ3v) is 5.56. The molecule has 2 aromatic heterocycles. The highest BCUT2D eigenvalue weighted by Crippen LogP contribution is 2.22. The van der Waals surface area contributed by atoms with Crippen molar-refractivity contribution in [3.05, 3.63) is 90.3 Å². The average Bonchev–Trinajstić information content (AvgIpc) is 3.31. The van der Waals surface area contributed by atoms with Gasteiger partial charge in [-0.25, -0.2) is 4.68 Å². The van der Waals surface area contributed by atoms with Crippen molar-refractivity contribution < 1.29 is 9.53 Å². The van der Waals surface area contributed by atoms with Crippen molar-refractivity contribution in [3.8, 4) is 17.3 Å². The molecule has 3 heterocycles. The van der Waals surface area contributed by atoms with Gasteiger partial charge in [-0.1, -0.05) is 18.2 Å². The van der Waals surface area contributed by atoms with E-state index in [-0.39, 0.29) is 5.91 Å². The number of ether oxygens (including phenoxy) is 1. The van der Waals surface area contributed by atoms with Crippen LogP contribution in [-0.2, 0) is 0 Å². The van der Waals surface area contributed by atoms with E-state index in [0.717, 1.165) is 17.3 Å². The van der Waals surface area contributed by atoms with E-state index in [1.54, 1.807) is 4.68 Å². The molecule has 0 aliphatic carbocycles. The second-order valence-corrected chi connectivity index (χ2v) is 7.87. The van der Waals surface area contributed by atoms with Crippen molar-refractivity contribution >= 4 is 11.7 Å². The lowest BCUT2D eigenvalue weighted by molar-refractivity contribution is 0.0746. The smallest absolute Gasteiger partial charge is 0.253 e. The predicted molar refractivity (Wildman–Crippen MR) is 125 cm³/mol. The molecule has 33 heavy (non-hydrogen) atoms. The van der Waals surface area contributed by atoms with E-state index in [9.17, 15) is 4.79 Å². The van der Waals surface area contributed by atoms with Crippen LogP contribution in [0.2, 0.25) is 0 Å². The summed E-state index contributed by atoms with van der Waals surface area (Å²) in [7, 11) is 0. The fourth-order valence-electron chi connectivity index (χ4n) is 3.76. The summed E-state index contributed by atoms with van der Waals surface area (Å²) in [5, 5.41) is 13.0. The van der Waals surface area contributed by atoms with Gasteiger partial charge in [0.1, 0.15) is 11.5 Å². The van der Waals surface area contributed by atoms with Gasteiger partial charge in [0.05, 0.1) is 5.69 Å². The fraction of sp³-hybridized carbons (Fsp3) is 0.200. The van der Waals surface area contributed by atoms with Crippen molar-refractivity contribution in [1.29, 1.82) is 0 Å². The van der Waals surface area contributed by atoms with Crippen LogP contribution >= 0.6 is 0 Å². The van der Waals surface area contributed by atoms with E-state index < -0.39 is 0 Å². The van der Waals surface area contributed by atoms with Crippen LogP contribution in [0.1, 0.15) is 16.1 Å². The number of benzene rings is 2. The second kappa shape index (κ2) is 9.12. The van der Waals surface area contributed by atoms with Crippen molar-refractivity contribution in [2.45, 2.75) is 6.92 Å². The Morgan fingerprint density at radius 1 is 0.788 bits per heavy atom. The van der Waals surface area contributed by atoms with Gasteiger partial charge in [-0.3, -0.25) is 4.79 Å². The molecule has 0 atom stereocenters. The molecule has 2 aromatic carbocycles. The maximum Gasteiger partial charge on any atom is 0.253 e. The minimum Gasteiger partial charge on any atom is -0.457 e. The summed E-state index contributed by atoms with van der Waals surface area (Å²) in [6, 6.07) is 22.6. The van der Waals surface area contributed by atoms with Gasteiger partial charge in [0, 0.05) is 37.9 Å². The zero-order chi connectivity index (χ0) is 22.6. The standard InChI is InChI=1S/C25H24N6O2/c1-19-13-14-31(28-19)24-12-11-23(26-27-24)29-15-17-30(18-16-29)25(32)20-7-9-22(10-8-20)33-21-5-3-2-4-6-21/h2-14H,15-18H2,1H3. The first kappa shape index (κ1) is 20.7. The lowest BCUT2D eigenvalue weighted by atomic mass is 10.1. The molecule has 166 valence electrons. The topological polar surface area (TPSA) is 76.4 Å². The van der Waals surface area contributed by atoms with Gasteiger partial charge >= 0.3 is 0 Å². The third kappa shape index (κ3) is 4.69.